The fourth-order valence-corrected chi connectivity index (χ4v) is 1.19. The Kier molecular flexibility index (Phi) is 5.72. The zero-order valence-electron chi connectivity index (χ0n) is 9.42. The molecule has 0 aromatic heterocycles. The lowest BCUT2D eigenvalue weighted by molar-refractivity contribution is -0.136. The topological polar surface area (TPSA) is 66.6 Å². The van der Waals surface area contributed by atoms with Crippen LogP contribution in [0, 0.1) is 0 Å². The van der Waals surface area contributed by atoms with Crippen molar-refractivity contribution in [2.24, 2.45) is 5.73 Å². The van der Waals surface area contributed by atoms with Gasteiger partial charge >= 0.3 is 0 Å². The van der Waals surface area contributed by atoms with E-state index in [1.807, 2.05) is 0 Å². The monoisotopic (exact) mass is 202 g/mol. The van der Waals surface area contributed by atoms with Gasteiger partial charge in [-0.15, -0.1) is 0 Å². The second-order valence-corrected chi connectivity index (χ2v) is 4.09. The predicted molar refractivity (Wildman–Crippen MR) is 56.8 cm³/mol. The molecule has 4 nitrogen and oxygen atoms in total. The molecule has 0 aromatic rings. The van der Waals surface area contributed by atoms with Crippen LogP contribution in [0.2, 0.25) is 0 Å². The molecule has 4 heteroatoms. The van der Waals surface area contributed by atoms with Crippen LogP contribution in [-0.2, 0) is 4.79 Å². The molecule has 14 heavy (non-hydrogen) atoms. The first-order chi connectivity index (χ1) is 6.43. The molecule has 0 rings (SSSR count). The van der Waals surface area contributed by atoms with Gasteiger partial charge in [-0.3, -0.25) is 4.79 Å². The van der Waals surface area contributed by atoms with Gasteiger partial charge in [-0.2, -0.15) is 0 Å². The average Bonchev–Trinajstić information content (AvgIpc) is 2.09. The van der Waals surface area contributed by atoms with E-state index in [4.69, 9.17) is 10.8 Å². The fraction of sp³-hybridized carbons (Fsp3) is 0.900. The Morgan fingerprint density at radius 3 is 2.36 bits per heavy atom. The van der Waals surface area contributed by atoms with Crippen LogP contribution >= 0.6 is 0 Å². The molecule has 0 aliphatic heterocycles. The van der Waals surface area contributed by atoms with Crippen molar-refractivity contribution in [3.05, 3.63) is 0 Å². The number of carbonyl (C=O) groups excluding carboxylic acids is 1. The Morgan fingerprint density at radius 2 is 2.00 bits per heavy atom. The number of aliphatic hydroxyl groups is 1. The summed E-state index contributed by atoms with van der Waals surface area (Å²) in [5.41, 5.74) is 4.86. The van der Waals surface area contributed by atoms with E-state index in [1.165, 1.54) is 0 Å². The average molecular weight is 202 g/mol. The molecule has 0 atom stereocenters. The highest BCUT2D eigenvalue weighted by molar-refractivity contribution is 5.85. The zero-order chi connectivity index (χ0) is 11.2. The summed E-state index contributed by atoms with van der Waals surface area (Å²) in [7, 11) is 0. The molecule has 0 spiro atoms. The number of carbonyl (C=O) groups is 1. The zero-order valence-corrected chi connectivity index (χ0v) is 9.42. The number of hydrogen-bond donors (Lipinski definition) is 2. The van der Waals surface area contributed by atoms with Crippen molar-refractivity contribution in [3.8, 4) is 0 Å². The van der Waals surface area contributed by atoms with Crippen LogP contribution in [0.4, 0.5) is 0 Å². The molecule has 0 saturated heterocycles. The summed E-state index contributed by atoms with van der Waals surface area (Å²) >= 11 is 0. The van der Waals surface area contributed by atoms with E-state index in [0.717, 1.165) is 12.8 Å². The molecule has 0 bridgehead atoms. The number of aliphatic hydroxyl groups excluding tert-OH is 1. The van der Waals surface area contributed by atoms with Crippen molar-refractivity contribution in [2.75, 3.05) is 19.7 Å². The summed E-state index contributed by atoms with van der Waals surface area (Å²) in [6.45, 7) is 6.48. The Labute approximate surface area is 86.1 Å². The van der Waals surface area contributed by atoms with Crippen LogP contribution < -0.4 is 5.73 Å². The summed E-state index contributed by atoms with van der Waals surface area (Å²) in [4.78, 5) is 13.4. The number of nitrogens with two attached hydrogens (primary N) is 1. The molecule has 0 radical (unpaired) electrons. The molecule has 0 heterocycles. The first-order valence-corrected chi connectivity index (χ1v) is 5.12. The first-order valence-electron chi connectivity index (χ1n) is 5.12. The molecule has 0 aliphatic carbocycles. The minimum Gasteiger partial charge on any atom is -0.395 e. The third-order valence-electron chi connectivity index (χ3n) is 1.99. The molecule has 0 aliphatic rings. The quantitative estimate of drug-likeness (QED) is 0.653. The van der Waals surface area contributed by atoms with Crippen LogP contribution in [-0.4, -0.2) is 41.1 Å². The van der Waals surface area contributed by atoms with Gasteiger partial charge in [-0.25, -0.2) is 0 Å². The number of rotatable bonds is 6. The third kappa shape index (κ3) is 4.58. The Balaban J connectivity index is 4.25. The molecule has 0 unspecified atom stereocenters. The maximum Gasteiger partial charge on any atom is 0.242 e. The largest absolute Gasteiger partial charge is 0.395 e. The minimum absolute atomic E-state index is 0.00840. The van der Waals surface area contributed by atoms with E-state index < -0.39 is 5.54 Å². The van der Waals surface area contributed by atoms with Gasteiger partial charge in [0.2, 0.25) is 5.91 Å². The summed E-state index contributed by atoms with van der Waals surface area (Å²) in [6.07, 6.45) is 1.97. The Morgan fingerprint density at radius 1 is 1.43 bits per heavy atom. The standard InChI is InChI=1S/C10H22N2O2/c1-4-5-6-12(7-8-13)9(14)10(2,3)11/h13H,4-8,11H2,1-3H3. The number of unbranched alkanes of at least 4 members (excludes halogenated alkanes) is 1. The number of hydrogen-bond acceptors (Lipinski definition) is 3. The number of amides is 1. The molecule has 0 fully saturated rings. The van der Waals surface area contributed by atoms with Crippen LogP contribution in [0.5, 0.6) is 0 Å². The summed E-state index contributed by atoms with van der Waals surface area (Å²) < 4.78 is 0. The van der Waals surface area contributed by atoms with E-state index in [1.54, 1.807) is 18.7 Å². The minimum atomic E-state index is -0.844. The Bertz CT molecular complexity index is 175. The smallest absolute Gasteiger partial charge is 0.242 e. The molecular weight excluding hydrogens is 180 g/mol. The van der Waals surface area contributed by atoms with E-state index in [-0.39, 0.29) is 12.5 Å². The lowest BCUT2D eigenvalue weighted by atomic mass is 10.1. The third-order valence-corrected chi connectivity index (χ3v) is 1.99. The summed E-state index contributed by atoms with van der Waals surface area (Å²) in [5, 5.41) is 8.82. The van der Waals surface area contributed by atoms with Crippen LogP contribution in [0.1, 0.15) is 33.6 Å². The first kappa shape index (κ1) is 13.4. The maximum absolute atomic E-state index is 11.8. The van der Waals surface area contributed by atoms with Gasteiger partial charge in [0.15, 0.2) is 0 Å². The second kappa shape index (κ2) is 5.98. The van der Waals surface area contributed by atoms with Gasteiger partial charge in [0.05, 0.1) is 12.1 Å². The van der Waals surface area contributed by atoms with Gasteiger partial charge in [0.1, 0.15) is 0 Å². The van der Waals surface area contributed by atoms with E-state index in [2.05, 4.69) is 6.92 Å². The van der Waals surface area contributed by atoms with Crippen molar-refractivity contribution in [1.82, 2.24) is 4.90 Å². The molecular formula is C10H22N2O2. The molecule has 0 aromatic carbocycles. The maximum atomic E-state index is 11.8. The summed E-state index contributed by atoms with van der Waals surface area (Å²) in [5.74, 6) is -0.0972. The van der Waals surface area contributed by atoms with Gasteiger partial charge in [-0.1, -0.05) is 13.3 Å². The fourth-order valence-electron chi connectivity index (χ4n) is 1.19. The molecule has 84 valence electrons. The van der Waals surface area contributed by atoms with Crippen molar-refractivity contribution < 1.29 is 9.90 Å². The number of nitrogens with zero attached hydrogens (tertiary/aromatic N) is 1. The predicted octanol–water partition coefficient (Wildman–Crippen LogP) is 0.345. The van der Waals surface area contributed by atoms with Crippen molar-refractivity contribution in [3.63, 3.8) is 0 Å². The summed E-state index contributed by atoms with van der Waals surface area (Å²) in [6, 6.07) is 0. The van der Waals surface area contributed by atoms with Crippen molar-refractivity contribution in [2.45, 2.75) is 39.2 Å². The Hall–Kier alpha value is -0.610. The highest BCUT2D eigenvalue weighted by Gasteiger charge is 2.26. The second-order valence-electron chi connectivity index (χ2n) is 4.09. The van der Waals surface area contributed by atoms with Gasteiger partial charge < -0.3 is 15.7 Å². The van der Waals surface area contributed by atoms with E-state index in [0.29, 0.717) is 13.1 Å². The molecule has 0 saturated carbocycles. The van der Waals surface area contributed by atoms with Gasteiger partial charge in [-0.05, 0) is 20.3 Å². The van der Waals surface area contributed by atoms with Gasteiger partial charge in [0, 0.05) is 13.1 Å². The normalized spacial score (nSPS) is 11.5. The van der Waals surface area contributed by atoms with E-state index in [9.17, 15) is 4.79 Å². The van der Waals surface area contributed by atoms with Crippen LogP contribution in [0.25, 0.3) is 0 Å². The SMILES string of the molecule is CCCCN(CCO)C(=O)C(C)(C)N. The van der Waals surface area contributed by atoms with Crippen LogP contribution in [0.3, 0.4) is 0 Å². The highest BCUT2D eigenvalue weighted by Crippen LogP contribution is 2.05. The molecule has 1 amide bonds. The lowest BCUT2D eigenvalue weighted by Gasteiger charge is -2.28. The van der Waals surface area contributed by atoms with Crippen molar-refractivity contribution >= 4 is 5.91 Å². The molecule has 3 N–H and O–H groups in total. The lowest BCUT2D eigenvalue weighted by Crippen LogP contribution is -2.52. The van der Waals surface area contributed by atoms with Gasteiger partial charge in [0.25, 0.3) is 0 Å². The van der Waals surface area contributed by atoms with Crippen LogP contribution in [0.15, 0.2) is 0 Å². The highest BCUT2D eigenvalue weighted by atomic mass is 16.3. The van der Waals surface area contributed by atoms with E-state index >= 15 is 0 Å². The van der Waals surface area contributed by atoms with Crippen molar-refractivity contribution in [1.29, 1.82) is 0 Å².